The molecule has 3 N–H and O–H groups in total. The molecule has 1 heterocycles. The van der Waals surface area contributed by atoms with Crippen molar-refractivity contribution in [2.75, 3.05) is 12.4 Å². The molecule has 0 aliphatic carbocycles. The highest BCUT2D eigenvalue weighted by atomic mass is 14.8. The van der Waals surface area contributed by atoms with Gasteiger partial charge in [0.2, 0.25) is 0 Å². The summed E-state index contributed by atoms with van der Waals surface area (Å²) in [7, 11) is 1.90. The van der Waals surface area contributed by atoms with Gasteiger partial charge in [0, 0.05) is 29.6 Å². The van der Waals surface area contributed by atoms with E-state index in [-0.39, 0.29) is 10.8 Å². The SMILES string of the molecule is CNc1ccccc1C(=N)c1ccc(-c2c3cc(C(C)(C)C)ccc3cc3ccc(C(C)(C)C)cc23)[nH]1. The first kappa shape index (κ1) is 24.8. The van der Waals surface area contributed by atoms with Crippen LogP contribution in [0.25, 0.3) is 32.8 Å². The summed E-state index contributed by atoms with van der Waals surface area (Å²) < 4.78 is 0. The molecule has 0 amide bonds. The Labute approximate surface area is 220 Å². The van der Waals surface area contributed by atoms with Gasteiger partial charge < -0.3 is 10.3 Å². The Bertz CT molecular complexity index is 1570. The average molecular weight is 488 g/mol. The maximum Gasteiger partial charge on any atom is 0.0867 e. The van der Waals surface area contributed by atoms with Gasteiger partial charge in [-0.3, -0.25) is 5.41 Å². The first-order valence-electron chi connectivity index (χ1n) is 13.0. The number of benzene rings is 4. The van der Waals surface area contributed by atoms with Gasteiger partial charge >= 0.3 is 0 Å². The predicted octanol–water partition coefficient (Wildman–Crippen LogP) is 9.04. The number of nitrogens with one attached hydrogen (secondary N) is 3. The van der Waals surface area contributed by atoms with Crippen molar-refractivity contribution < 1.29 is 0 Å². The molecule has 4 aromatic carbocycles. The fraction of sp³-hybridized carbons (Fsp3) is 0.265. The van der Waals surface area contributed by atoms with E-state index in [1.54, 1.807) is 0 Å². The van der Waals surface area contributed by atoms with Crippen LogP contribution in [0.3, 0.4) is 0 Å². The number of para-hydroxylation sites is 1. The van der Waals surface area contributed by atoms with Crippen LogP contribution < -0.4 is 5.32 Å². The van der Waals surface area contributed by atoms with Crippen molar-refractivity contribution in [3.05, 3.63) is 101 Å². The molecule has 0 fully saturated rings. The summed E-state index contributed by atoms with van der Waals surface area (Å²) in [4.78, 5) is 3.63. The Hall–Kier alpha value is -3.85. The number of H-pyrrole nitrogens is 1. The molecule has 0 aliphatic heterocycles. The van der Waals surface area contributed by atoms with Crippen molar-refractivity contribution in [3.63, 3.8) is 0 Å². The van der Waals surface area contributed by atoms with E-state index in [0.717, 1.165) is 22.6 Å². The number of aromatic nitrogens is 1. The topological polar surface area (TPSA) is 51.7 Å². The molecule has 1 aromatic heterocycles. The van der Waals surface area contributed by atoms with Crippen LogP contribution >= 0.6 is 0 Å². The van der Waals surface area contributed by atoms with Gasteiger partial charge in [0.25, 0.3) is 0 Å². The van der Waals surface area contributed by atoms with Crippen molar-refractivity contribution >= 4 is 32.9 Å². The highest BCUT2D eigenvalue weighted by molar-refractivity contribution is 6.15. The fourth-order valence-electron chi connectivity index (χ4n) is 5.08. The Balaban J connectivity index is 1.78. The van der Waals surface area contributed by atoms with E-state index in [4.69, 9.17) is 5.41 Å². The summed E-state index contributed by atoms with van der Waals surface area (Å²) in [5.41, 5.74) is 8.08. The second-order valence-corrected chi connectivity index (χ2v) is 12.1. The molecule has 0 unspecified atom stereocenters. The van der Waals surface area contributed by atoms with Gasteiger partial charge in [0.1, 0.15) is 0 Å². The van der Waals surface area contributed by atoms with E-state index >= 15 is 0 Å². The number of aromatic amines is 1. The Morgan fingerprint density at radius 2 is 1.27 bits per heavy atom. The number of hydrogen-bond acceptors (Lipinski definition) is 2. The Morgan fingerprint density at radius 1 is 0.703 bits per heavy atom. The van der Waals surface area contributed by atoms with E-state index in [1.165, 1.54) is 38.2 Å². The van der Waals surface area contributed by atoms with Crippen LogP contribution in [-0.4, -0.2) is 17.7 Å². The smallest absolute Gasteiger partial charge is 0.0867 e. The van der Waals surface area contributed by atoms with E-state index < -0.39 is 0 Å². The molecule has 0 aliphatic rings. The zero-order valence-electron chi connectivity index (χ0n) is 23.0. The average Bonchev–Trinajstić information content (AvgIpc) is 3.34. The van der Waals surface area contributed by atoms with Crippen LogP contribution in [0.2, 0.25) is 0 Å². The molecule has 37 heavy (non-hydrogen) atoms. The summed E-state index contributed by atoms with van der Waals surface area (Å²) >= 11 is 0. The van der Waals surface area contributed by atoms with Gasteiger partial charge in [-0.2, -0.15) is 0 Å². The Kier molecular flexibility index (Phi) is 5.98. The molecule has 3 nitrogen and oxygen atoms in total. The second-order valence-electron chi connectivity index (χ2n) is 12.1. The van der Waals surface area contributed by atoms with Crippen molar-refractivity contribution in [1.82, 2.24) is 4.98 Å². The molecule has 0 spiro atoms. The zero-order chi connectivity index (χ0) is 26.5. The molecule has 0 saturated carbocycles. The molecule has 0 atom stereocenters. The summed E-state index contributed by atoms with van der Waals surface area (Å²) in [5, 5.41) is 17.1. The van der Waals surface area contributed by atoms with E-state index in [9.17, 15) is 0 Å². The minimum absolute atomic E-state index is 0.0492. The lowest BCUT2D eigenvalue weighted by Gasteiger charge is -2.22. The lowest BCUT2D eigenvalue weighted by Crippen LogP contribution is -2.11. The minimum atomic E-state index is 0.0492. The van der Waals surface area contributed by atoms with Crippen LogP contribution in [-0.2, 0) is 10.8 Å². The summed E-state index contributed by atoms with van der Waals surface area (Å²) in [6, 6.07) is 28.2. The molecule has 0 bridgehead atoms. The molecular weight excluding hydrogens is 450 g/mol. The van der Waals surface area contributed by atoms with Crippen molar-refractivity contribution in [2.24, 2.45) is 0 Å². The number of fused-ring (bicyclic) bond motifs is 2. The van der Waals surface area contributed by atoms with E-state index in [0.29, 0.717) is 5.71 Å². The van der Waals surface area contributed by atoms with E-state index in [2.05, 4.69) is 100 Å². The summed E-state index contributed by atoms with van der Waals surface area (Å²) in [6.07, 6.45) is 0. The quantitative estimate of drug-likeness (QED) is 0.172. The normalized spacial score (nSPS) is 12.3. The lowest BCUT2D eigenvalue weighted by molar-refractivity contribution is 0.591. The van der Waals surface area contributed by atoms with Crippen molar-refractivity contribution in [1.29, 1.82) is 5.41 Å². The van der Waals surface area contributed by atoms with Crippen molar-refractivity contribution in [3.8, 4) is 11.3 Å². The van der Waals surface area contributed by atoms with Gasteiger partial charge in [-0.05, 0) is 79.9 Å². The van der Waals surface area contributed by atoms with Crippen LogP contribution in [0.15, 0.2) is 78.9 Å². The van der Waals surface area contributed by atoms with Crippen molar-refractivity contribution in [2.45, 2.75) is 52.4 Å². The molecule has 5 rings (SSSR count). The molecule has 0 saturated heterocycles. The zero-order valence-corrected chi connectivity index (χ0v) is 23.0. The van der Waals surface area contributed by atoms with Crippen LogP contribution in [0.4, 0.5) is 5.69 Å². The maximum atomic E-state index is 8.98. The van der Waals surface area contributed by atoms with E-state index in [1.807, 2.05) is 37.4 Å². The molecule has 0 radical (unpaired) electrons. The molecule has 5 aromatic rings. The summed E-state index contributed by atoms with van der Waals surface area (Å²) in [5.74, 6) is 0. The second kappa shape index (κ2) is 8.92. The van der Waals surface area contributed by atoms with Gasteiger partial charge in [-0.25, -0.2) is 0 Å². The largest absolute Gasteiger partial charge is 0.388 e. The minimum Gasteiger partial charge on any atom is -0.388 e. The highest BCUT2D eigenvalue weighted by Crippen LogP contribution is 2.40. The highest BCUT2D eigenvalue weighted by Gasteiger charge is 2.20. The van der Waals surface area contributed by atoms with Crippen LogP contribution in [0, 0.1) is 5.41 Å². The molecule has 3 heteroatoms. The predicted molar refractivity (Wildman–Crippen MR) is 161 cm³/mol. The third-order valence-corrected chi connectivity index (χ3v) is 7.38. The number of hydrogen-bond donors (Lipinski definition) is 3. The van der Waals surface area contributed by atoms with Crippen LogP contribution in [0.5, 0.6) is 0 Å². The maximum absolute atomic E-state index is 8.98. The summed E-state index contributed by atoms with van der Waals surface area (Å²) in [6.45, 7) is 13.6. The van der Waals surface area contributed by atoms with Gasteiger partial charge in [0.05, 0.1) is 11.4 Å². The number of rotatable bonds is 4. The lowest BCUT2D eigenvalue weighted by atomic mass is 9.82. The molecule has 188 valence electrons. The van der Waals surface area contributed by atoms with Gasteiger partial charge in [-0.15, -0.1) is 0 Å². The number of anilines is 1. The third-order valence-electron chi connectivity index (χ3n) is 7.38. The van der Waals surface area contributed by atoms with Gasteiger partial charge in [0.15, 0.2) is 0 Å². The monoisotopic (exact) mass is 487 g/mol. The standard InChI is InChI=1S/C34H37N3/c1-33(2,3)23-14-12-21-18-22-13-15-24(34(4,5)6)20-27(22)31(26(21)19-23)29-16-17-30(37-29)32(35)25-10-8-9-11-28(25)36-7/h8-20,35-37H,1-7H3. The first-order valence-corrected chi connectivity index (χ1v) is 13.0. The Morgan fingerprint density at radius 3 is 1.81 bits per heavy atom. The molecular formula is C34H37N3. The van der Waals surface area contributed by atoms with Gasteiger partial charge in [-0.1, -0.05) is 84.0 Å². The third kappa shape index (κ3) is 4.55. The fourth-order valence-corrected chi connectivity index (χ4v) is 5.08. The first-order chi connectivity index (χ1) is 17.5. The van der Waals surface area contributed by atoms with Crippen LogP contribution in [0.1, 0.15) is 63.9 Å².